The standard InChI is InChI=1S/C14H22ClNO3S/c1-4-13-7-6-12(11-15)10-14(13)20(17,18)16(2)8-5-9-19-3/h6-7,10H,4-5,8-9,11H2,1-3H3. The van der Waals surface area contributed by atoms with Crippen molar-refractivity contribution in [2.75, 3.05) is 27.3 Å². The number of hydrogen-bond acceptors (Lipinski definition) is 3. The maximum absolute atomic E-state index is 12.6. The minimum absolute atomic E-state index is 0.305. The summed E-state index contributed by atoms with van der Waals surface area (Å²) in [6.07, 6.45) is 1.34. The number of benzene rings is 1. The molecule has 0 N–H and O–H groups in total. The van der Waals surface area contributed by atoms with Crippen molar-refractivity contribution in [1.29, 1.82) is 0 Å². The molecule has 0 aliphatic rings. The van der Waals surface area contributed by atoms with E-state index < -0.39 is 10.0 Å². The molecule has 0 amide bonds. The molecular weight excluding hydrogens is 298 g/mol. The Labute approximate surface area is 126 Å². The molecule has 4 nitrogen and oxygen atoms in total. The normalized spacial score (nSPS) is 12.1. The van der Waals surface area contributed by atoms with E-state index in [1.54, 1.807) is 20.2 Å². The van der Waals surface area contributed by atoms with Crippen molar-refractivity contribution in [2.24, 2.45) is 0 Å². The van der Waals surface area contributed by atoms with E-state index in [9.17, 15) is 8.42 Å². The molecule has 0 radical (unpaired) electrons. The van der Waals surface area contributed by atoms with Gasteiger partial charge in [0.1, 0.15) is 0 Å². The number of nitrogens with zero attached hydrogens (tertiary/aromatic N) is 1. The van der Waals surface area contributed by atoms with Crippen LogP contribution in [0.25, 0.3) is 0 Å². The van der Waals surface area contributed by atoms with Crippen molar-refractivity contribution in [2.45, 2.75) is 30.5 Å². The molecule has 0 aliphatic carbocycles. The fourth-order valence-electron chi connectivity index (χ4n) is 1.93. The summed E-state index contributed by atoms with van der Waals surface area (Å²) < 4.78 is 31.6. The molecule has 0 atom stereocenters. The highest BCUT2D eigenvalue weighted by atomic mass is 35.5. The molecule has 0 saturated heterocycles. The van der Waals surface area contributed by atoms with Gasteiger partial charge < -0.3 is 4.74 Å². The Morgan fingerprint density at radius 1 is 1.35 bits per heavy atom. The highest BCUT2D eigenvalue weighted by Gasteiger charge is 2.23. The number of rotatable bonds is 8. The molecule has 114 valence electrons. The fraction of sp³-hybridized carbons (Fsp3) is 0.571. The fourth-order valence-corrected chi connectivity index (χ4v) is 3.65. The summed E-state index contributed by atoms with van der Waals surface area (Å²) in [5.74, 6) is 0.305. The summed E-state index contributed by atoms with van der Waals surface area (Å²) in [4.78, 5) is 0.359. The van der Waals surface area contributed by atoms with Gasteiger partial charge in [-0.15, -0.1) is 11.6 Å². The van der Waals surface area contributed by atoms with Crippen molar-refractivity contribution in [3.63, 3.8) is 0 Å². The molecule has 20 heavy (non-hydrogen) atoms. The summed E-state index contributed by atoms with van der Waals surface area (Å²) in [5, 5.41) is 0. The lowest BCUT2D eigenvalue weighted by Gasteiger charge is -2.19. The van der Waals surface area contributed by atoms with Crippen LogP contribution in [0, 0.1) is 0 Å². The zero-order valence-electron chi connectivity index (χ0n) is 12.2. The Kier molecular flexibility index (Phi) is 6.95. The lowest BCUT2D eigenvalue weighted by Crippen LogP contribution is -2.29. The molecule has 6 heteroatoms. The van der Waals surface area contributed by atoms with Gasteiger partial charge in [-0.25, -0.2) is 12.7 Å². The van der Waals surface area contributed by atoms with E-state index in [4.69, 9.17) is 16.3 Å². The van der Waals surface area contributed by atoms with Crippen LogP contribution in [0.5, 0.6) is 0 Å². The first-order chi connectivity index (χ1) is 9.47. The monoisotopic (exact) mass is 319 g/mol. The zero-order chi connectivity index (χ0) is 15.2. The summed E-state index contributed by atoms with van der Waals surface area (Å²) >= 11 is 5.80. The summed E-state index contributed by atoms with van der Waals surface area (Å²) in [6.45, 7) is 2.92. The van der Waals surface area contributed by atoms with Crippen molar-refractivity contribution >= 4 is 21.6 Å². The predicted molar refractivity (Wildman–Crippen MR) is 81.7 cm³/mol. The van der Waals surface area contributed by atoms with Gasteiger partial charge in [-0.05, 0) is 30.0 Å². The SMILES string of the molecule is CCc1ccc(CCl)cc1S(=O)(=O)N(C)CCCOC. The van der Waals surface area contributed by atoms with Crippen molar-refractivity contribution in [3.8, 4) is 0 Å². The Balaban J connectivity index is 3.06. The topological polar surface area (TPSA) is 46.6 Å². The summed E-state index contributed by atoms with van der Waals surface area (Å²) in [7, 11) is -0.276. The second-order valence-electron chi connectivity index (χ2n) is 4.60. The van der Waals surface area contributed by atoms with Crippen LogP contribution in [-0.2, 0) is 27.1 Å². The molecule has 0 saturated carbocycles. The molecule has 1 aromatic rings. The van der Waals surface area contributed by atoms with Gasteiger partial charge in [0.05, 0.1) is 4.90 Å². The third-order valence-electron chi connectivity index (χ3n) is 3.18. The number of methoxy groups -OCH3 is 1. The van der Waals surface area contributed by atoms with Crippen LogP contribution >= 0.6 is 11.6 Å². The van der Waals surface area contributed by atoms with E-state index in [2.05, 4.69) is 0 Å². The lowest BCUT2D eigenvalue weighted by atomic mass is 10.1. The van der Waals surface area contributed by atoms with Crippen LogP contribution in [0.4, 0.5) is 0 Å². The number of hydrogen-bond donors (Lipinski definition) is 0. The molecule has 0 unspecified atom stereocenters. The summed E-state index contributed by atoms with van der Waals surface area (Å²) in [6, 6.07) is 5.39. The minimum Gasteiger partial charge on any atom is -0.385 e. The first-order valence-electron chi connectivity index (χ1n) is 6.60. The average molecular weight is 320 g/mol. The van der Waals surface area contributed by atoms with Crippen LogP contribution in [0.2, 0.25) is 0 Å². The minimum atomic E-state index is -3.48. The molecule has 0 aliphatic heterocycles. The van der Waals surface area contributed by atoms with Crippen molar-refractivity contribution < 1.29 is 13.2 Å². The first kappa shape index (κ1) is 17.4. The number of aryl methyl sites for hydroxylation is 1. The Bertz CT molecular complexity index is 531. The first-order valence-corrected chi connectivity index (χ1v) is 8.57. The second kappa shape index (κ2) is 7.98. The highest BCUT2D eigenvalue weighted by Crippen LogP contribution is 2.22. The summed E-state index contributed by atoms with van der Waals surface area (Å²) in [5.41, 5.74) is 1.63. The van der Waals surface area contributed by atoms with Gasteiger partial charge in [0.25, 0.3) is 0 Å². The number of halogens is 1. The van der Waals surface area contributed by atoms with E-state index >= 15 is 0 Å². The van der Waals surface area contributed by atoms with Gasteiger partial charge in [0.2, 0.25) is 10.0 Å². The maximum Gasteiger partial charge on any atom is 0.243 e. The largest absolute Gasteiger partial charge is 0.385 e. The molecule has 0 aromatic heterocycles. The number of ether oxygens (including phenoxy) is 1. The van der Waals surface area contributed by atoms with Gasteiger partial charge in [-0.3, -0.25) is 0 Å². The van der Waals surface area contributed by atoms with Crippen LogP contribution in [-0.4, -0.2) is 40.0 Å². The van der Waals surface area contributed by atoms with Crippen LogP contribution < -0.4 is 0 Å². The van der Waals surface area contributed by atoms with Gasteiger partial charge in [0.15, 0.2) is 0 Å². The third kappa shape index (κ3) is 4.19. The predicted octanol–water partition coefficient (Wildman–Crippen LogP) is 2.64. The van der Waals surface area contributed by atoms with E-state index in [0.29, 0.717) is 36.8 Å². The van der Waals surface area contributed by atoms with Gasteiger partial charge in [-0.2, -0.15) is 0 Å². The van der Waals surface area contributed by atoms with Crippen molar-refractivity contribution in [1.82, 2.24) is 4.31 Å². The van der Waals surface area contributed by atoms with E-state index in [-0.39, 0.29) is 0 Å². The highest BCUT2D eigenvalue weighted by molar-refractivity contribution is 7.89. The van der Waals surface area contributed by atoms with Gasteiger partial charge in [0, 0.05) is 33.2 Å². The molecule has 0 heterocycles. The van der Waals surface area contributed by atoms with Crippen LogP contribution in [0.1, 0.15) is 24.5 Å². The van der Waals surface area contributed by atoms with Crippen LogP contribution in [0.3, 0.4) is 0 Å². The van der Waals surface area contributed by atoms with Gasteiger partial charge in [-0.1, -0.05) is 19.1 Å². The van der Waals surface area contributed by atoms with E-state index in [0.717, 1.165) is 11.1 Å². The Morgan fingerprint density at radius 2 is 2.05 bits per heavy atom. The molecule has 0 bridgehead atoms. The lowest BCUT2D eigenvalue weighted by molar-refractivity contribution is 0.189. The molecule has 0 fully saturated rings. The van der Waals surface area contributed by atoms with Crippen molar-refractivity contribution in [3.05, 3.63) is 29.3 Å². The quantitative estimate of drug-likeness (QED) is 0.546. The second-order valence-corrected chi connectivity index (χ2v) is 6.88. The number of sulfonamides is 1. The van der Waals surface area contributed by atoms with E-state index in [1.807, 2.05) is 19.1 Å². The third-order valence-corrected chi connectivity index (χ3v) is 5.42. The Morgan fingerprint density at radius 3 is 2.60 bits per heavy atom. The van der Waals surface area contributed by atoms with Gasteiger partial charge >= 0.3 is 0 Å². The molecular formula is C14H22ClNO3S. The smallest absolute Gasteiger partial charge is 0.243 e. The molecule has 1 aromatic carbocycles. The molecule has 0 spiro atoms. The maximum atomic E-state index is 12.6. The molecule has 1 rings (SSSR count). The Hall–Kier alpha value is -0.620. The van der Waals surface area contributed by atoms with Crippen LogP contribution in [0.15, 0.2) is 23.1 Å². The average Bonchev–Trinajstić information content (AvgIpc) is 2.46. The van der Waals surface area contributed by atoms with E-state index in [1.165, 1.54) is 4.31 Å². The zero-order valence-corrected chi connectivity index (χ0v) is 13.8. The number of alkyl halides is 1.